The number of carbonyl (C=O) groups excluding carboxylic acids is 1. The summed E-state index contributed by atoms with van der Waals surface area (Å²) in [6.45, 7) is 5.76. The molecular weight excluding hydrogens is 416 g/mol. The molecule has 0 aliphatic carbocycles. The number of nitrogens with one attached hydrogen (secondary N) is 1. The van der Waals surface area contributed by atoms with Crippen molar-refractivity contribution in [1.82, 2.24) is 10.2 Å². The largest absolute Gasteiger partial charge is 0.493 e. The maximum atomic E-state index is 13.9. The molecule has 0 bridgehead atoms. The summed E-state index contributed by atoms with van der Waals surface area (Å²) in [7, 11) is 4.69. The highest BCUT2D eigenvalue weighted by Crippen LogP contribution is 2.38. The summed E-state index contributed by atoms with van der Waals surface area (Å²) >= 11 is 0. The monoisotopic (exact) mass is 452 g/mol. The van der Waals surface area contributed by atoms with Crippen LogP contribution >= 0.6 is 0 Å². The maximum Gasteiger partial charge on any atom is 0.254 e. The van der Waals surface area contributed by atoms with E-state index in [1.54, 1.807) is 33.5 Å². The normalized spacial score (nSPS) is 16.9. The van der Waals surface area contributed by atoms with Crippen molar-refractivity contribution < 1.29 is 19.0 Å². The van der Waals surface area contributed by atoms with Crippen LogP contribution in [0.15, 0.2) is 48.0 Å². The van der Waals surface area contributed by atoms with Crippen molar-refractivity contribution in [1.29, 1.82) is 0 Å². The molecule has 0 spiro atoms. The fourth-order valence-corrected chi connectivity index (χ4v) is 4.62. The third-order valence-electron chi connectivity index (χ3n) is 6.19. The highest BCUT2D eigenvalue weighted by molar-refractivity contribution is 5.96. The van der Waals surface area contributed by atoms with Crippen LogP contribution in [0.3, 0.4) is 0 Å². The van der Waals surface area contributed by atoms with Gasteiger partial charge in [0.1, 0.15) is 0 Å². The van der Waals surface area contributed by atoms with Gasteiger partial charge in [-0.3, -0.25) is 4.79 Å². The van der Waals surface area contributed by atoms with E-state index in [4.69, 9.17) is 14.2 Å². The topological polar surface area (TPSA) is 60.0 Å². The Hall–Kier alpha value is -2.99. The van der Waals surface area contributed by atoms with E-state index in [-0.39, 0.29) is 18.0 Å². The molecule has 178 valence electrons. The van der Waals surface area contributed by atoms with Crippen LogP contribution in [0.5, 0.6) is 17.2 Å². The molecule has 1 aliphatic rings. The molecule has 2 unspecified atom stereocenters. The minimum absolute atomic E-state index is 0.0457. The third-order valence-corrected chi connectivity index (χ3v) is 6.19. The van der Waals surface area contributed by atoms with Gasteiger partial charge in [-0.2, -0.15) is 0 Å². The lowest BCUT2D eigenvalue weighted by molar-refractivity contribution is 0.0656. The Bertz CT molecular complexity index is 927. The molecule has 0 aromatic heterocycles. The van der Waals surface area contributed by atoms with Crippen molar-refractivity contribution >= 4 is 12.0 Å². The number of nitrogens with zero attached hydrogens (tertiary/aromatic N) is 1. The number of ether oxygens (including phenoxy) is 3. The van der Waals surface area contributed by atoms with Crippen LogP contribution in [0, 0.1) is 0 Å². The summed E-state index contributed by atoms with van der Waals surface area (Å²) < 4.78 is 16.4. The summed E-state index contributed by atoms with van der Waals surface area (Å²) in [5, 5.41) is 3.60. The Morgan fingerprint density at radius 2 is 1.79 bits per heavy atom. The zero-order valence-corrected chi connectivity index (χ0v) is 20.4. The van der Waals surface area contributed by atoms with Gasteiger partial charge in [0.2, 0.25) is 5.75 Å². The molecule has 6 heteroatoms. The number of carbonyl (C=O) groups is 1. The van der Waals surface area contributed by atoms with Gasteiger partial charge in [0.05, 0.1) is 21.3 Å². The van der Waals surface area contributed by atoms with Crippen molar-refractivity contribution in [3.05, 3.63) is 59.2 Å². The molecule has 2 aromatic rings. The predicted molar refractivity (Wildman–Crippen MR) is 132 cm³/mol. The van der Waals surface area contributed by atoms with Gasteiger partial charge >= 0.3 is 0 Å². The van der Waals surface area contributed by atoms with E-state index in [1.807, 2.05) is 23.1 Å². The minimum atomic E-state index is -0.0457. The molecule has 6 nitrogen and oxygen atoms in total. The molecule has 1 saturated heterocycles. The van der Waals surface area contributed by atoms with Crippen molar-refractivity contribution in [2.45, 2.75) is 45.2 Å². The Kier molecular flexibility index (Phi) is 8.78. The quantitative estimate of drug-likeness (QED) is 0.562. The molecule has 1 N–H and O–H groups in total. The molecule has 0 radical (unpaired) electrons. The number of hydrogen-bond donors (Lipinski definition) is 1. The average molecular weight is 453 g/mol. The lowest BCUT2D eigenvalue weighted by Gasteiger charge is -2.36. The van der Waals surface area contributed by atoms with Crippen LogP contribution in [-0.4, -0.2) is 57.3 Å². The molecule has 1 heterocycles. The van der Waals surface area contributed by atoms with E-state index >= 15 is 0 Å². The lowest BCUT2D eigenvalue weighted by atomic mass is 9.99. The summed E-state index contributed by atoms with van der Waals surface area (Å²) in [5.41, 5.74) is 2.77. The number of hydrogen-bond acceptors (Lipinski definition) is 5. The van der Waals surface area contributed by atoms with Crippen LogP contribution in [-0.2, 0) is 0 Å². The average Bonchev–Trinajstić information content (AvgIpc) is 3.37. The number of benzene rings is 2. The highest BCUT2D eigenvalue weighted by atomic mass is 16.5. The van der Waals surface area contributed by atoms with Crippen molar-refractivity contribution in [2.24, 2.45) is 0 Å². The standard InChI is InChI=1S/C27H36N2O4/c1-6-23(22-13-10-14-28-22)29(18-19(2)15-20-11-8-7-9-12-20)27(30)21-16-24(31-3)26(33-5)25(17-21)32-4/h7-9,11-12,15-17,22-23,28H,6,10,13-14,18H2,1-5H3. The first-order valence-electron chi connectivity index (χ1n) is 11.6. The van der Waals surface area contributed by atoms with Crippen molar-refractivity contribution in [3.8, 4) is 17.2 Å². The Morgan fingerprint density at radius 3 is 2.30 bits per heavy atom. The van der Waals surface area contributed by atoms with Gasteiger partial charge in [0.15, 0.2) is 11.5 Å². The van der Waals surface area contributed by atoms with E-state index in [0.717, 1.165) is 36.9 Å². The molecule has 2 atom stereocenters. The van der Waals surface area contributed by atoms with Gasteiger partial charge < -0.3 is 24.4 Å². The molecule has 1 fully saturated rings. The second-order valence-electron chi connectivity index (χ2n) is 8.43. The fourth-order valence-electron chi connectivity index (χ4n) is 4.62. The second kappa shape index (κ2) is 11.8. The smallest absolute Gasteiger partial charge is 0.254 e. The van der Waals surface area contributed by atoms with Gasteiger partial charge in [-0.15, -0.1) is 0 Å². The molecule has 1 amide bonds. The molecule has 1 aliphatic heterocycles. The zero-order valence-electron chi connectivity index (χ0n) is 20.4. The van der Waals surface area contributed by atoms with E-state index in [0.29, 0.717) is 29.4 Å². The first-order valence-corrected chi connectivity index (χ1v) is 11.6. The second-order valence-corrected chi connectivity index (χ2v) is 8.43. The van der Waals surface area contributed by atoms with Gasteiger partial charge in [0.25, 0.3) is 5.91 Å². The lowest BCUT2D eigenvalue weighted by Crippen LogP contribution is -2.50. The number of rotatable bonds is 10. The van der Waals surface area contributed by atoms with Crippen molar-refractivity contribution in [2.75, 3.05) is 34.4 Å². The fraction of sp³-hybridized carbons (Fsp3) is 0.444. The molecule has 2 aromatic carbocycles. The van der Waals surface area contributed by atoms with Crippen molar-refractivity contribution in [3.63, 3.8) is 0 Å². The highest BCUT2D eigenvalue weighted by Gasteiger charge is 2.32. The van der Waals surface area contributed by atoms with Crippen LogP contribution in [0.25, 0.3) is 6.08 Å². The maximum absolute atomic E-state index is 13.9. The predicted octanol–water partition coefficient (Wildman–Crippen LogP) is 4.79. The summed E-state index contributed by atoms with van der Waals surface area (Å²) in [6.07, 6.45) is 5.21. The minimum Gasteiger partial charge on any atom is -0.493 e. The molecule has 33 heavy (non-hydrogen) atoms. The molecule has 3 rings (SSSR count). The van der Waals surface area contributed by atoms with Gasteiger partial charge in [-0.05, 0) is 50.4 Å². The van der Waals surface area contributed by atoms with E-state index < -0.39 is 0 Å². The van der Waals surface area contributed by atoms with E-state index in [1.165, 1.54) is 0 Å². The molecular formula is C27H36N2O4. The SMILES string of the molecule is CCC(C1CCCN1)N(CC(C)=Cc1ccccc1)C(=O)c1cc(OC)c(OC)c(OC)c1. The Morgan fingerprint density at radius 1 is 1.12 bits per heavy atom. The van der Waals surface area contributed by atoms with E-state index in [2.05, 4.69) is 37.4 Å². The third kappa shape index (κ3) is 5.88. The van der Waals surface area contributed by atoms with Crippen LogP contribution in [0.2, 0.25) is 0 Å². The first kappa shape index (κ1) is 24.6. The van der Waals surface area contributed by atoms with Crippen LogP contribution in [0.1, 0.15) is 49.0 Å². The molecule has 0 saturated carbocycles. The first-order chi connectivity index (χ1) is 16.0. The summed E-state index contributed by atoms with van der Waals surface area (Å²) in [4.78, 5) is 15.9. The number of methoxy groups -OCH3 is 3. The Labute approximate surface area is 197 Å². The number of amides is 1. The summed E-state index contributed by atoms with van der Waals surface area (Å²) in [6, 6.07) is 14.0. The van der Waals surface area contributed by atoms with Gasteiger partial charge in [-0.25, -0.2) is 0 Å². The van der Waals surface area contributed by atoms with Gasteiger partial charge in [-0.1, -0.05) is 48.9 Å². The zero-order chi connectivity index (χ0) is 23.8. The Balaban J connectivity index is 1.99. The van der Waals surface area contributed by atoms with Gasteiger partial charge in [0, 0.05) is 24.2 Å². The van der Waals surface area contributed by atoms with Crippen LogP contribution in [0.4, 0.5) is 0 Å². The van der Waals surface area contributed by atoms with E-state index in [9.17, 15) is 4.79 Å². The van der Waals surface area contributed by atoms with Crippen LogP contribution < -0.4 is 19.5 Å². The summed E-state index contributed by atoms with van der Waals surface area (Å²) in [5.74, 6) is 1.39.